The molecule has 0 aromatic heterocycles. The van der Waals surface area contributed by atoms with Crippen LogP contribution in [-0.4, -0.2) is 32.4 Å². The second-order valence-corrected chi connectivity index (χ2v) is 1.15. The van der Waals surface area contributed by atoms with Gasteiger partial charge >= 0.3 is 32.4 Å². The van der Waals surface area contributed by atoms with Crippen molar-refractivity contribution >= 4 is 13.5 Å². The molecule has 0 aromatic rings. The van der Waals surface area contributed by atoms with Crippen LogP contribution in [0.5, 0.6) is 0 Å². The van der Waals surface area contributed by atoms with Crippen LogP contribution in [0.1, 0.15) is 0 Å². The van der Waals surface area contributed by atoms with Gasteiger partial charge in [0.25, 0.3) is 0 Å². The van der Waals surface area contributed by atoms with Gasteiger partial charge in [0.15, 0.2) is 0 Å². The maximum atomic E-state index is 3.49. The molecule has 0 amide bonds. The van der Waals surface area contributed by atoms with E-state index < -0.39 is 0 Å². The number of hydrogen-bond acceptors (Lipinski definition) is 1. The molecule has 2 heteroatoms. The summed E-state index contributed by atoms with van der Waals surface area (Å²) in [5.41, 5.74) is 0. The van der Waals surface area contributed by atoms with Crippen LogP contribution < -0.4 is 0 Å². The van der Waals surface area contributed by atoms with Gasteiger partial charge in [0.1, 0.15) is 0 Å². The summed E-state index contributed by atoms with van der Waals surface area (Å²) in [6, 6.07) is 0. The van der Waals surface area contributed by atoms with Crippen LogP contribution in [0.25, 0.3) is 0 Å². The van der Waals surface area contributed by atoms with Crippen molar-refractivity contribution in [2.75, 3.05) is 14.1 Å². The molecular formula is C3H8BN. The minimum atomic E-state index is 1.75. The third-order valence-corrected chi connectivity index (χ3v) is 0.365. The molecule has 0 N–H and O–H groups in total. The monoisotopic (exact) mass is 69.1 g/mol. The van der Waals surface area contributed by atoms with Crippen molar-refractivity contribution in [2.45, 2.75) is 0 Å². The van der Waals surface area contributed by atoms with Crippen molar-refractivity contribution in [1.82, 2.24) is 4.81 Å². The summed E-state index contributed by atoms with van der Waals surface area (Å²) in [6.07, 6.45) is 0. The standard InChI is InChI=1S/C3H8BN/c1-4-5(2)3/h1H2,2-3H3. The number of hydrogen-bond donors (Lipinski definition) is 0. The molecule has 0 rings (SSSR count). The average Bonchev–Trinajstić information content (AvgIpc) is 1.38. The van der Waals surface area contributed by atoms with E-state index in [1.54, 1.807) is 7.06 Å². The van der Waals surface area contributed by atoms with E-state index in [1.807, 2.05) is 18.9 Å². The van der Waals surface area contributed by atoms with Gasteiger partial charge in [-0.2, -0.15) is 0 Å². The second-order valence-electron chi connectivity index (χ2n) is 1.15. The zero-order chi connectivity index (χ0) is 4.28. The summed E-state index contributed by atoms with van der Waals surface area (Å²) < 4.78 is 0. The Balaban J connectivity index is 2.83. The SMILES string of the molecule is C=BN(C)C. The molecular weight excluding hydrogens is 60.9 g/mol. The normalized spacial score (nSPS) is 6.00. The molecule has 0 unspecified atom stereocenters. The molecule has 0 bridgehead atoms. The van der Waals surface area contributed by atoms with Crippen molar-refractivity contribution in [3.8, 4) is 0 Å². The summed E-state index contributed by atoms with van der Waals surface area (Å²) >= 11 is 0. The maximum absolute atomic E-state index is 3.49. The van der Waals surface area contributed by atoms with E-state index in [1.165, 1.54) is 0 Å². The molecule has 0 atom stereocenters. The third-order valence-electron chi connectivity index (χ3n) is 0.365. The number of nitrogens with zero attached hydrogens (tertiary/aromatic N) is 1. The Morgan fingerprint density at radius 2 is 1.80 bits per heavy atom. The fourth-order valence-electron chi connectivity index (χ4n) is 0. The molecule has 0 saturated carbocycles. The summed E-state index contributed by atoms with van der Waals surface area (Å²) in [7, 11) is 5.62. The van der Waals surface area contributed by atoms with Gasteiger partial charge in [-0.05, 0) is 0 Å². The van der Waals surface area contributed by atoms with Crippen LogP contribution >= 0.6 is 0 Å². The molecule has 0 aliphatic heterocycles. The summed E-state index contributed by atoms with van der Waals surface area (Å²) in [5.74, 6) is 0. The molecule has 0 saturated heterocycles. The third kappa shape index (κ3) is 3.73. The molecule has 0 aliphatic rings. The van der Waals surface area contributed by atoms with Gasteiger partial charge < -0.3 is 0 Å². The van der Waals surface area contributed by atoms with Gasteiger partial charge in [0.2, 0.25) is 0 Å². The van der Waals surface area contributed by atoms with Crippen molar-refractivity contribution in [1.29, 1.82) is 0 Å². The first-order chi connectivity index (χ1) is 2.27. The topological polar surface area (TPSA) is 3.24 Å². The zero-order valence-electron chi connectivity index (χ0n) is 3.73. The summed E-state index contributed by atoms with van der Waals surface area (Å²) in [6.45, 7) is 3.49. The van der Waals surface area contributed by atoms with Crippen LogP contribution in [0.2, 0.25) is 0 Å². The average molecular weight is 68.9 g/mol. The van der Waals surface area contributed by atoms with Crippen LogP contribution in [0, 0.1) is 0 Å². The molecule has 0 aromatic carbocycles. The molecule has 0 aliphatic carbocycles. The Kier molecular flexibility index (Phi) is 1.90. The van der Waals surface area contributed by atoms with Crippen molar-refractivity contribution in [2.24, 2.45) is 0 Å². The second kappa shape index (κ2) is 2.00. The predicted octanol–water partition coefficient (Wildman–Crippen LogP) is -0.401. The van der Waals surface area contributed by atoms with Crippen LogP contribution in [-0.2, 0) is 0 Å². The van der Waals surface area contributed by atoms with Gasteiger partial charge in [0, 0.05) is 0 Å². The Labute approximate surface area is 33.5 Å². The first-order valence-electron chi connectivity index (χ1n) is 1.56. The fraction of sp³-hybridized carbons (Fsp3) is 0.667. The Bertz CT molecular complexity index is 33.9. The van der Waals surface area contributed by atoms with Crippen molar-refractivity contribution < 1.29 is 0 Å². The van der Waals surface area contributed by atoms with Gasteiger partial charge in [-0.25, -0.2) is 0 Å². The van der Waals surface area contributed by atoms with E-state index in [0.29, 0.717) is 0 Å². The Morgan fingerprint density at radius 3 is 1.80 bits per heavy atom. The van der Waals surface area contributed by atoms with Gasteiger partial charge in [-0.3, -0.25) is 0 Å². The fourth-order valence-corrected chi connectivity index (χ4v) is 0. The van der Waals surface area contributed by atoms with E-state index in [-0.39, 0.29) is 0 Å². The van der Waals surface area contributed by atoms with Crippen LogP contribution in [0.3, 0.4) is 0 Å². The quantitative estimate of drug-likeness (QED) is 0.378. The summed E-state index contributed by atoms with van der Waals surface area (Å²) in [5, 5.41) is 0. The molecule has 0 heterocycles. The van der Waals surface area contributed by atoms with Gasteiger partial charge in [-0.1, -0.05) is 0 Å². The van der Waals surface area contributed by atoms with E-state index in [0.717, 1.165) is 0 Å². The van der Waals surface area contributed by atoms with Crippen molar-refractivity contribution in [3.05, 3.63) is 0 Å². The summed E-state index contributed by atoms with van der Waals surface area (Å²) in [4.78, 5) is 1.89. The molecule has 5 heavy (non-hydrogen) atoms. The van der Waals surface area contributed by atoms with Crippen molar-refractivity contribution in [3.63, 3.8) is 0 Å². The first-order valence-corrected chi connectivity index (χ1v) is 1.56. The Morgan fingerprint density at radius 1 is 1.60 bits per heavy atom. The first kappa shape index (κ1) is 4.73. The molecule has 0 fully saturated rings. The van der Waals surface area contributed by atoms with Gasteiger partial charge in [-0.15, -0.1) is 0 Å². The van der Waals surface area contributed by atoms with Gasteiger partial charge in [0.05, 0.1) is 0 Å². The molecule has 1 nitrogen and oxygen atoms in total. The Hall–Kier alpha value is -0.265. The van der Waals surface area contributed by atoms with E-state index in [2.05, 4.69) is 6.47 Å². The predicted molar refractivity (Wildman–Crippen MR) is 26.6 cm³/mol. The molecule has 28 valence electrons. The molecule has 0 radical (unpaired) electrons. The van der Waals surface area contributed by atoms with Crippen LogP contribution in [0.4, 0.5) is 0 Å². The van der Waals surface area contributed by atoms with E-state index >= 15 is 0 Å². The number of rotatable bonds is 1. The minimum absolute atomic E-state index is 1.75. The van der Waals surface area contributed by atoms with Crippen LogP contribution in [0.15, 0.2) is 0 Å². The molecule has 0 spiro atoms. The van der Waals surface area contributed by atoms with E-state index in [9.17, 15) is 0 Å². The zero-order valence-corrected chi connectivity index (χ0v) is 3.73. The van der Waals surface area contributed by atoms with E-state index in [4.69, 9.17) is 0 Å².